The van der Waals surface area contributed by atoms with Gasteiger partial charge in [0.25, 0.3) is 5.91 Å². The van der Waals surface area contributed by atoms with Gasteiger partial charge in [0.05, 0.1) is 12.2 Å². The van der Waals surface area contributed by atoms with Gasteiger partial charge in [-0.1, -0.05) is 24.9 Å². The third kappa shape index (κ3) is 5.02. The number of amides is 1. The summed E-state index contributed by atoms with van der Waals surface area (Å²) in [6, 6.07) is 4.98. The topological polar surface area (TPSA) is 58.6 Å². The Bertz CT molecular complexity index is 437. The molecule has 0 spiro atoms. The summed E-state index contributed by atoms with van der Waals surface area (Å²) in [6.07, 6.45) is 1.61. The molecule has 20 heavy (non-hydrogen) atoms. The zero-order valence-corrected chi connectivity index (χ0v) is 12.7. The minimum Gasteiger partial charge on any atom is -0.493 e. The first kappa shape index (κ1) is 16.8. The largest absolute Gasteiger partial charge is 0.493 e. The Hall–Kier alpha value is -1.26. The maximum Gasteiger partial charge on any atom is 0.255 e. The number of hydrogen-bond donors (Lipinski definition) is 2. The first-order valence-electron chi connectivity index (χ1n) is 6.93. The third-order valence-corrected chi connectivity index (χ3v) is 3.39. The summed E-state index contributed by atoms with van der Waals surface area (Å²) in [7, 11) is 0. The molecule has 1 aromatic carbocycles. The molecule has 1 rings (SSSR count). The van der Waals surface area contributed by atoms with E-state index in [9.17, 15) is 4.79 Å². The number of benzene rings is 1. The van der Waals surface area contributed by atoms with Crippen LogP contribution in [0.1, 0.15) is 37.0 Å². The van der Waals surface area contributed by atoms with E-state index >= 15 is 0 Å². The lowest BCUT2D eigenvalue weighted by atomic mass is 10.0. The molecule has 0 fully saturated rings. The molecule has 1 aromatic rings. The molecule has 0 bridgehead atoms. The van der Waals surface area contributed by atoms with E-state index in [0.717, 1.165) is 6.42 Å². The van der Waals surface area contributed by atoms with E-state index in [-0.39, 0.29) is 18.4 Å². The van der Waals surface area contributed by atoms with Crippen molar-refractivity contribution in [3.05, 3.63) is 28.8 Å². The van der Waals surface area contributed by atoms with Gasteiger partial charge < -0.3 is 15.2 Å². The molecule has 2 N–H and O–H groups in total. The average Bonchev–Trinajstić information content (AvgIpc) is 2.43. The lowest BCUT2D eigenvalue weighted by molar-refractivity contribution is 0.0940. The predicted octanol–water partition coefficient (Wildman–Crippen LogP) is 2.88. The van der Waals surface area contributed by atoms with Crippen LogP contribution in [0, 0.1) is 5.92 Å². The standard InChI is InChI=1S/C15H22ClNO3/c1-3-11(7-8-18)10-17-15(19)13-6-5-12(16)9-14(13)20-4-2/h5-6,9,11,18H,3-4,7-8,10H2,1-2H3,(H,17,19). The number of halogens is 1. The molecule has 0 aliphatic heterocycles. The van der Waals surface area contributed by atoms with Gasteiger partial charge in [-0.2, -0.15) is 0 Å². The summed E-state index contributed by atoms with van der Waals surface area (Å²) in [6.45, 7) is 5.06. The molecule has 5 heteroatoms. The molecule has 1 atom stereocenters. The van der Waals surface area contributed by atoms with E-state index in [1.54, 1.807) is 18.2 Å². The molecular weight excluding hydrogens is 278 g/mol. The van der Waals surface area contributed by atoms with Crippen molar-refractivity contribution in [2.75, 3.05) is 19.8 Å². The fourth-order valence-electron chi connectivity index (χ4n) is 1.92. The highest BCUT2D eigenvalue weighted by atomic mass is 35.5. The van der Waals surface area contributed by atoms with Crippen molar-refractivity contribution < 1.29 is 14.6 Å². The molecule has 0 saturated heterocycles. The molecular formula is C15H22ClNO3. The number of carbonyl (C=O) groups excluding carboxylic acids is 1. The van der Waals surface area contributed by atoms with Gasteiger partial charge in [0, 0.05) is 18.2 Å². The Morgan fingerprint density at radius 3 is 2.80 bits per heavy atom. The molecule has 1 unspecified atom stereocenters. The number of carbonyl (C=O) groups is 1. The Morgan fingerprint density at radius 2 is 2.20 bits per heavy atom. The number of ether oxygens (including phenoxy) is 1. The van der Waals surface area contributed by atoms with Crippen LogP contribution in [0.25, 0.3) is 0 Å². The number of rotatable bonds is 8. The first-order chi connectivity index (χ1) is 9.62. The second-order valence-corrected chi connectivity index (χ2v) is 5.01. The summed E-state index contributed by atoms with van der Waals surface area (Å²) in [5, 5.41) is 12.4. The number of aliphatic hydroxyl groups excluding tert-OH is 1. The third-order valence-electron chi connectivity index (χ3n) is 3.15. The lowest BCUT2D eigenvalue weighted by Gasteiger charge is -2.15. The summed E-state index contributed by atoms with van der Waals surface area (Å²) >= 11 is 5.91. The van der Waals surface area contributed by atoms with Gasteiger partial charge in [-0.05, 0) is 37.5 Å². The maximum atomic E-state index is 12.2. The van der Waals surface area contributed by atoms with Crippen molar-refractivity contribution in [3.8, 4) is 5.75 Å². The second kappa shape index (κ2) is 8.82. The molecule has 0 saturated carbocycles. The van der Waals surface area contributed by atoms with Gasteiger partial charge in [0.15, 0.2) is 0 Å². The van der Waals surface area contributed by atoms with Crippen LogP contribution in [0.2, 0.25) is 5.02 Å². The highest BCUT2D eigenvalue weighted by molar-refractivity contribution is 6.30. The van der Waals surface area contributed by atoms with Crippen LogP contribution in [-0.4, -0.2) is 30.8 Å². The minimum atomic E-state index is -0.179. The van der Waals surface area contributed by atoms with Crippen LogP contribution in [0.3, 0.4) is 0 Å². The SMILES string of the molecule is CCOc1cc(Cl)ccc1C(=O)NCC(CC)CCO. The molecule has 0 radical (unpaired) electrons. The van der Waals surface area contributed by atoms with E-state index in [0.29, 0.717) is 35.9 Å². The minimum absolute atomic E-state index is 0.138. The van der Waals surface area contributed by atoms with Crippen LogP contribution >= 0.6 is 11.6 Å². The van der Waals surface area contributed by atoms with Gasteiger partial charge in [0.1, 0.15) is 5.75 Å². The molecule has 0 aliphatic rings. The summed E-state index contributed by atoms with van der Waals surface area (Å²) < 4.78 is 5.43. The lowest BCUT2D eigenvalue weighted by Crippen LogP contribution is -2.29. The first-order valence-corrected chi connectivity index (χ1v) is 7.31. The van der Waals surface area contributed by atoms with E-state index < -0.39 is 0 Å². The quantitative estimate of drug-likeness (QED) is 0.776. The highest BCUT2D eigenvalue weighted by Gasteiger charge is 2.14. The molecule has 0 heterocycles. The zero-order valence-electron chi connectivity index (χ0n) is 12.0. The predicted molar refractivity (Wildman–Crippen MR) is 80.4 cm³/mol. The van der Waals surface area contributed by atoms with Gasteiger partial charge >= 0.3 is 0 Å². The van der Waals surface area contributed by atoms with Gasteiger partial charge in [-0.3, -0.25) is 4.79 Å². The van der Waals surface area contributed by atoms with Crippen LogP contribution in [0.15, 0.2) is 18.2 Å². The average molecular weight is 300 g/mol. The summed E-state index contributed by atoms with van der Waals surface area (Å²) in [5.41, 5.74) is 0.482. The van der Waals surface area contributed by atoms with E-state index in [4.69, 9.17) is 21.4 Å². The molecule has 4 nitrogen and oxygen atoms in total. The smallest absolute Gasteiger partial charge is 0.255 e. The Kier molecular flexibility index (Phi) is 7.41. The van der Waals surface area contributed by atoms with Crippen molar-refractivity contribution in [1.29, 1.82) is 0 Å². The molecule has 0 aromatic heterocycles. The van der Waals surface area contributed by atoms with Crippen LogP contribution in [0.5, 0.6) is 5.75 Å². The second-order valence-electron chi connectivity index (χ2n) is 4.57. The van der Waals surface area contributed by atoms with Gasteiger partial charge in [-0.25, -0.2) is 0 Å². The number of nitrogens with one attached hydrogen (secondary N) is 1. The Balaban J connectivity index is 2.71. The summed E-state index contributed by atoms with van der Waals surface area (Å²) in [5.74, 6) is 0.598. The van der Waals surface area contributed by atoms with Crippen molar-refractivity contribution in [2.45, 2.75) is 26.7 Å². The van der Waals surface area contributed by atoms with E-state index in [2.05, 4.69) is 5.32 Å². The molecule has 112 valence electrons. The van der Waals surface area contributed by atoms with Crippen molar-refractivity contribution in [3.63, 3.8) is 0 Å². The summed E-state index contributed by atoms with van der Waals surface area (Å²) in [4.78, 5) is 12.2. The Labute approximate surface area is 125 Å². The van der Waals surface area contributed by atoms with Crippen molar-refractivity contribution in [1.82, 2.24) is 5.32 Å². The van der Waals surface area contributed by atoms with Gasteiger partial charge in [0.2, 0.25) is 0 Å². The molecule has 1 amide bonds. The van der Waals surface area contributed by atoms with Crippen molar-refractivity contribution >= 4 is 17.5 Å². The van der Waals surface area contributed by atoms with Gasteiger partial charge in [-0.15, -0.1) is 0 Å². The Morgan fingerprint density at radius 1 is 1.45 bits per heavy atom. The fraction of sp³-hybridized carbons (Fsp3) is 0.533. The van der Waals surface area contributed by atoms with E-state index in [1.165, 1.54) is 0 Å². The van der Waals surface area contributed by atoms with Crippen LogP contribution in [0.4, 0.5) is 0 Å². The van der Waals surface area contributed by atoms with E-state index in [1.807, 2.05) is 13.8 Å². The van der Waals surface area contributed by atoms with Crippen molar-refractivity contribution in [2.24, 2.45) is 5.92 Å². The number of hydrogen-bond acceptors (Lipinski definition) is 3. The normalized spacial score (nSPS) is 12.0. The monoisotopic (exact) mass is 299 g/mol. The maximum absolute atomic E-state index is 12.2. The highest BCUT2D eigenvalue weighted by Crippen LogP contribution is 2.23. The van der Waals surface area contributed by atoms with Crippen LogP contribution in [-0.2, 0) is 0 Å². The molecule has 0 aliphatic carbocycles. The zero-order chi connectivity index (χ0) is 15.0. The number of aliphatic hydroxyl groups is 1. The van der Waals surface area contributed by atoms with Crippen LogP contribution < -0.4 is 10.1 Å². The fourth-order valence-corrected chi connectivity index (χ4v) is 2.09.